The summed E-state index contributed by atoms with van der Waals surface area (Å²) in [7, 11) is 0. The van der Waals surface area contributed by atoms with Crippen LogP contribution in [0.3, 0.4) is 0 Å². The molecule has 3 amide bonds. The summed E-state index contributed by atoms with van der Waals surface area (Å²) in [4.78, 5) is 41.0. The fourth-order valence-electron chi connectivity index (χ4n) is 4.69. The number of carbonyl (C=O) groups excluding carboxylic acids is 3. The van der Waals surface area contributed by atoms with Gasteiger partial charge in [-0.2, -0.15) is 0 Å². The second-order valence-electron chi connectivity index (χ2n) is 10.0. The predicted octanol–water partition coefficient (Wildman–Crippen LogP) is 5.93. The molecule has 0 spiro atoms. The molecule has 0 unspecified atom stereocenters. The van der Waals surface area contributed by atoms with Crippen molar-refractivity contribution < 1.29 is 19.1 Å². The molecule has 4 aromatic carbocycles. The predicted molar refractivity (Wildman–Crippen MR) is 154 cm³/mol. The number of rotatable bonds is 8. The summed E-state index contributed by atoms with van der Waals surface area (Å²) in [5.41, 5.74) is 5.69. The first-order valence-corrected chi connectivity index (χ1v) is 13.2. The van der Waals surface area contributed by atoms with Gasteiger partial charge in [-0.15, -0.1) is 0 Å². The van der Waals surface area contributed by atoms with Crippen LogP contribution in [-0.4, -0.2) is 28.8 Å². The van der Waals surface area contributed by atoms with E-state index in [1.807, 2.05) is 80.6 Å². The molecule has 1 fully saturated rings. The molecule has 1 heterocycles. The van der Waals surface area contributed by atoms with Crippen LogP contribution in [0, 0.1) is 13.8 Å². The highest BCUT2D eigenvalue weighted by Gasteiger charge is 2.47. The number of cyclic esters (lactones) is 1. The Bertz CT molecular complexity index is 1500. The van der Waals surface area contributed by atoms with Gasteiger partial charge < -0.3 is 15.4 Å². The van der Waals surface area contributed by atoms with E-state index in [4.69, 9.17) is 4.74 Å². The van der Waals surface area contributed by atoms with E-state index in [1.165, 1.54) is 4.90 Å². The first-order chi connectivity index (χ1) is 19.4. The van der Waals surface area contributed by atoms with Gasteiger partial charge >= 0.3 is 6.09 Å². The summed E-state index contributed by atoms with van der Waals surface area (Å²) in [6.07, 6.45) is -1.43. The Morgan fingerprint density at radius 1 is 0.800 bits per heavy atom. The minimum absolute atomic E-state index is 0.225. The van der Waals surface area contributed by atoms with Crippen LogP contribution >= 0.6 is 0 Å². The molecule has 0 saturated carbocycles. The lowest BCUT2D eigenvalue weighted by molar-refractivity contribution is -0.126. The van der Waals surface area contributed by atoms with E-state index >= 15 is 0 Å². The Morgan fingerprint density at radius 2 is 1.48 bits per heavy atom. The standard InChI is InChI=1S/C33H31N3O4/c1-22-11-15-25(16-12-22)21-36-29(32(38)34-20-24-7-4-3-5-8-24)30(40-33(36)39)27-9-6-10-28(19-27)35-31(37)26-17-13-23(2)14-18-26/h3-19,29-30H,20-21H2,1-2H3,(H,34,38)(H,35,37)/t29-,30+/m1/s1. The van der Waals surface area contributed by atoms with Gasteiger partial charge in [0.05, 0.1) is 6.54 Å². The summed E-state index contributed by atoms with van der Waals surface area (Å²) in [6, 6.07) is 30.9. The van der Waals surface area contributed by atoms with Gasteiger partial charge in [-0.1, -0.05) is 90.0 Å². The van der Waals surface area contributed by atoms with Crippen LogP contribution in [-0.2, 0) is 22.6 Å². The van der Waals surface area contributed by atoms with Crippen molar-refractivity contribution in [1.82, 2.24) is 10.2 Å². The zero-order valence-corrected chi connectivity index (χ0v) is 22.5. The zero-order chi connectivity index (χ0) is 28.1. The molecule has 0 aromatic heterocycles. The molecule has 40 heavy (non-hydrogen) atoms. The number of anilines is 1. The van der Waals surface area contributed by atoms with E-state index in [0.29, 0.717) is 23.4 Å². The zero-order valence-electron chi connectivity index (χ0n) is 22.5. The van der Waals surface area contributed by atoms with Crippen LogP contribution in [0.5, 0.6) is 0 Å². The summed E-state index contributed by atoms with van der Waals surface area (Å²) in [6.45, 7) is 4.50. The smallest absolute Gasteiger partial charge is 0.411 e. The number of aryl methyl sites for hydroxylation is 2. The molecule has 0 aliphatic carbocycles. The second kappa shape index (κ2) is 11.9. The molecule has 1 aliphatic rings. The third-order valence-electron chi connectivity index (χ3n) is 6.92. The van der Waals surface area contributed by atoms with Gasteiger partial charge in [-0.25, -0.2) is 4.79 Å². The second-order valence-corrected chi connectivity index (χ2v) is 10.0. The molecule has 202 valence electrons. The van der Waals surface area contributed by atoms with Gasteiger partial charge in [0.15, 0.2) is 12.1 Å². The van der Waals surface area contributed by atoms with Crippen molar-refractivity contribution in [1.29, 1.82) is 0 Å². The van der Waals surface area contributed by atoms with Gasteiger partial charge in [0.2, 0.25) is 5.91 Å². The molecule has 2 atom stereocenters. The van der Waals surface area contributed by atoms with Crippen molar-refractivity contribution in [3.8, 4) is 0 Å². The molecule has 1 aliphatic heterocycles. The average molecular weight is 534 g/mol. The number of carbonyl (C=O) groups is 3. The summed E-state index contributed by atoms with van der Waals surface area (Å²) in [5.74, 6) is -0.570. The Hall–Kier alpha value is -4.91. The minimum Gasteiger partial charge on any atom is -0.438 e. The molecule has 5 rings (SSSR count). The van der Waals surface area contributed by atoms with Crippen molar-refractivity contribution >= 4 is 23.6 Å². The molecule has 1 saturated heterocycles. The molecule has 0 bridgehead atoms. The van der Waals surface area contributed by atoms with Gasteiger partial charge in [0, 0.05) is 17.8 Å². The third kappa shape index (κ3) is 6.21. The minimum atomic E-state index is -0.902. The first kappa shape index (κ1) is 26.7. The van der Waals surface area contributed by atoms with Crippen LogP contribution < -0.4 is 10.6 Å². The van der Waals surface area contributed by atoms with Crippen molar-refractivity contribution in [2.75, 3.05) is 5.32 Å². The van der Waals surface area contributed by atoms with E-state index < -0.39 is 18.2 Å². The number of benzene rings is 4. The normalized spacial score (nSPS) is 16.4. The van der Waals surface area contributed by atoms with Crippen molar-refractivity contribution in [2.24, 2.45) is 0 Å². The van der Waals surface area contributed by atoms with Crippen LogP contribution in [0.1, 0.15) is 44.3 Å². The van der Waals surface area contributed by atoms with Crippen LogP contribution in [0.25, 0.3) is 0 Å². The molecular formula is C33H31N3O4. The van der Waals surface area contributed by atoms with Gasteiger partial charge in [0.25, 0.3) is 5.91 Å². The highest BCUT2D eigenvalue weighted by molar-refractivity contribution is 6.04. The van der Waals surface area contributed by atoms with Crippen molar-refractivity contribution in [2.45, 2.75) is 39.1 Å². The van der Waals surface area contributed by atoms with Crippen LogP contribution in [0.2, 0.25) is 0 Å². The topological polar surface area (TPSA) is 87.7 Å². The lowest BCUT2D eigenvalue weighted by atomic mass is 9.99. The Balaban J connectivity index is 1.40. The molecule has 7 nitrogen and oxygen atoms in total. The highest BCUT2D eigenvalue weighted by atomic mass is 16.6. The van der Waals surface area contributed by atoms with E-state index in [0.717, 1.165) is 22.3 Å². The first-order valence-electron chi connectivity index (χ1n) is 13.2. The Morgan fingerprint density at radius 3 is 2.17 bits per heavy atom. The number of nitrogens with zero attached hydrogens (tertiary/aromatic N) is 1. The van der Waals surface area contributed by atoms with Gasteiger partial charge in [-0.05, 0) is 54.8 Å². The monoisotopic (exact) mass is 533 g/mol. The molecule has 2 N–H and O–H groups in total. The van der Waals surface area contributed by atoms with Gasteiger partial charge in [0.1, 0.15) is 0 Å². The molecule has 7 heteroatoms. The maximum Gasteiger partial charge on any atom is 0.411 e. The number of nitrogens with one attached hydrogen (secondary N) is 2. The number of hydrogen-bond acceptors (Lipinski definition) is 4. The molecule has 0 radical (unpaired) electrons. The summed E-state index contributed by atoms with van der Waals surface area (Å²) >= 11 is 0. The summed E-state index contributed by atoms with van der Waals surface area (Å²) in [5, 5.41) is 5.88. The molecule has 4 aromatic rings. The molecular weight excluding hydrogens is 502 g/mol. The van der Waals surface area contributed by atoms with Crippen LogP contribution in [0.15, 0.2) is 103 Å². The Kier molecular flexibility index (Phi) is 7.92. The van der Waals surface area contributed by atoms with Crippen molar-refractivity contribution in [3.05, 3.63) is 137 Å². The SMILES string of the molecule is Cc1ccc(CN2C(=O)O[C@@H](c3cccc(NC(=O)c4ccc(C)cc4)c3)[C@@H]2C(=O)NCc2ccccc2)cc1. The lowest BCUT2D eigenvalue weighted by Crippen LogP contribution is -2.46. The fourth-order valence-corrected chi connectivity index (χ4v) is 4.69. The quantitative estimate of drug-likeness (QED) is 0.294. The maximum absolute atomic E-state index is 13.6. The number of ether oxygens (including phenoxy) is 1. The number of hydrogen-bond donors (Lipinski definition) is 2. The van der Waals surface area contributed by atoms with Crippen LogP contribution in [0.4, 0.5) is 10.5 Å². The fraction of sp³-hybridized carbons (Fsp3) is 0.182. The summed E-state index contributed by atoms with van der Waals surface area (Å²) < 4.78 is 5.81. The number of amides is 3. The van der Waals surface area contributed by atoms with Gasteiger partial charge in [-0.3, -0.25) is 14.5 Å². The lowest BCUT2D eigenvalue weighted by Gasteiger charge is -2.24. The third-order valence-corrected chi connectivity index (χ3v) is 6.92. The van der Waals surface area contributed by atoms with E-state index in [-0.39, 0.29) is 18.4 Å². The Labute approximate surface area is 233 Å². The van der Waals surface area contributed by atoms with Crippen molar-refractivity contribution in [3.63, 3.8) is 0 Å². The average Bonchev–Trinajstić information content (AvgIpc) is 3.29. The van der Waals surface area contributed by atoms with E-state index in [9.17, 15) is 14.4 Å². The largest absolute Gasteiger partial charge is 0.438 e. The van der Waals surface area contributed by atoms with E-state index in [1.54, 1.807) is 36.4 Å². The maximum atomic E-state index is 13.6. The highest BCUT2D eigenvalue weighted by Crippen LogP contribution is 2.35. The van der Waals surface area contributed by atoms with E-state index in [2.05, 4.69) is 10.6 Å².